The summed E-state index contributed by atoms with van der Waals surface area (Å²) in [6, 6.07) is 8.04. The maximum atomic E-state index is 9.77. The van der Waals surface area contributed by atoms with E-state index < -0.39 is 6.10 Å². The predicted octanol–water partition coefficient (Wildman–Crippen LogP) is 2.63. The fraction of sp³-hybridized carbons (Fsp3) is 0.438. The molecule has 4 nitrogen and oxygen atoms in total. The number of nitrogens with zero attached hydrogens (tertiary/aromatic N) is 1. The van der Waals surface area contributed by atoms with E-state index in [0.29, 0.717) is 12.4 Å². The molecule has 0 amide bonds. The van der Waals surface area contributed by atoms with E-state index in [1.165, 1.54) is 0 Å². The van der Waals surface area contributed by atoms with Gasteiger partial charge in [0.05, 0.1) is 6.61 Å². The number of benzene rings is 1. The summed E-state index contributed by atoms with van der Waals surface area (Å²) in [5, 5.41) is 10.8. The molecule has 0 aliphatic carbocycles. The summed E-state index contributed by atoms with van der Waals surface area (Å²) in [6.07, 6.45) is -0.629. The molecule has 0 unspecified atom stereocenters. The fourth-order valence-electron chi connectivity index (χ4n) is 2.04. The number of fused-ring (bicyclic) bond motifs is 1. The lowest BCUT2D eigenvalue weighted by atomic mass is 10.1. The molecule has 0 aliphatic rings. The smallest absolute Gasteiger partial charge is 0.145 e. The Balaban J connectivity index is 2.18. The van der Waals surface area contributed by atoms with Crippen molar-refractivity contribution in [2.24, 2.45) is 0 Å². The second-order valence-electron chi connectivity index (χ2n) is 4.91. The van der Waals surface area contributed by atoms with Gasteiger partial charge in [0.25, 0.3) is 0 Å². The van der Waals surface area contributed by atoms with Crippen LogP contribution in [0.1, 0.15) is 18.2 Å². The summed E-state index contributed by atoms with van der Waals surface area (Å²) >= 11 is 0. The van der Waals surface area contributed by atoms with E-state index in [1.54, 1.807) is 0 Å². The van der Waals surface area contributed by atoms with Crippen molar-refractivity contribution < 1.29 is 14.6 Å². The van der Waals surface area contributed by atoms with Crippen LogP contribution in [0.5, 0.6) is 5.75 Å². The van der Waals surface area contributed by atoms with Gasteiger partial charge in [-0.05, 0) is 44.5 Å². The molecule has 0 saturated heterocycles. The highest BCUT2D eigenvalue weighted by Gasteiger charge is 2.09. The number of hydrogen-bond donors (Lipinski definition) is 1. The predicted molar refractivity (Wildman–Crippen MR) is 79.2 cm³/mol. The van der Waals surface area contributed by atoms with Gasteiger partial charge in [0.2, 0.25) is 0 Å². The Kier molecular flexibility index (Phi) is 4.93. The topological polar surface area (TPSA) is 51.6 Å². The molecule has 20 heavy (non-hydrogen) atoms. The molecule has 0 spiro atoms. The highest BCUT2D eigenvalue weighted by molar-refractivity contribution is 5.85. The summed E-state index contributed by atoms with van der Waals surface area (Å²) in [7, 11) is 0. The van der Waals surface area contributed by atoms with Crippen molar-refractivity contribution in [1.82, 2.24) is 4.98 Å². The second-order valence-corrected chi connectivity index (χ2v) is 4.91. The molecular weight excluding hydrogens is 254 g/mol. The number of pyridine rings is 1. The van der Waals surface area contributed by atoms with E-state index in [9.17, 15) is 5.11 Å². The fourth-order valence-corrected chi connectivity index (χ4v) is 2.04. The molecule has 1 N–H and O–H groups in total. The van der Waals surface area contributed by atoms with E-state index in [1.807, 2.05) is 39.0 Å². The van der Waals surface area contributed by atoms with E-state index in [2.05, 4.69) is 11.1 Å². The summed E-state index contributed by atoms with van der Waals surface area (Å²) in [5.74, 6) is 0.708. The SMILES string of the molecule is CCOC[C@H](O)COc1cc(C)cc2ccc(C)nc12. The van der Waals surface area contributed by atoms with Crippen LogP contribution in [0.4, 0.5) is 0 Å². The quantitative estimate of drug-likeness (QED) is 0.880. The molecule has 2 rings (SSSR count). The zero-order valence-corrected chi connectivity index (χ0v) is 12.2. The lowest BCUT2D eigenvalue weighted by Crippen LogP contribution is -2.23. The van der Waals surface area contributed by atoms with Crippen LogP contribution in [0.3, 0.4) is 0 Å². The molecule has 0 aliphatic heterocycles. The molecule has 1 aromatic carbocycles. The summed E-state index contributed by atoms with van der Waals surface area (Å²) in [6.45, 7) is 6.94. The molecule has 0 fully saturated rings. The van der Waals surface area contributed by atoms with Gasteiger partial charge in [-0.3, -0.25) is 0 Å². The first-order chi connectivity index (χ1) is 9.60. The first-order valence-electron chi connectivity index (χ1n) is 6.86. The average Bonchev–Trinajstić information content (AvgIpc) is 2.43. The molecule has 1 atom stereocenters. The third-order valence-electron chi connectivity index (χ3n) is 2.99. The highest BCUT2D eigenvalue weighted by atomic mass is 16.5. The third kappa shape index (κ3) is 3.68. The van der Waals surface area contributed by atoms with Crippen LogP contribution in [-0.2, 0) is 4.74 Å². The van der Waals surface area contributed by atoms with Crippen LogP contribution >= 0.6 is 0 Å². The van der Waals surface area contributed by atoms with Gasteiger partial charge in [-0.1, -0.05) is 6.07 Å². The lowest BCUT2D eigenvalue weighted by molar-refractivity contribution is 0.0167. The summed E-state index contributed by atoms with van der Waals surface area (Å²) < 4.78 is 10.9. The first kappa shape index (κ1) is 14.8. The van der Waals surface area contributed by atoms with Gasteiger partial charge in [-0.15, -0.1) is 0 Å². The van der Waals surface area contributed by atoms with Crippen LogP contribution in [-0.4, -0.2) is 36.0 Å². The maximum Gasteiger partial charge on any atom is 0.145 e. The van der Waals surface area contributed by atoms with Gasteiger partial charge in [0, 0.05) is 17.7 Å². The van der Waals surface area contributed by atoms with E-state index >= 15 is 0 Å². The lowest BCUT2D eigenvalue weighted by Gasteiger charge is -2.14. The van der Waals surface area contributed by atoms with Crippen molar-refractivity contribution >= 4 is 10.9 Å². The number of rotatable bonds is 6. The average molecular weight is 275 g/mol. The van der Waals surface area contributed by atoms with Crippen LogP contribution in [0.15, 0.2) is 24.3 Å². The molecule has 1 heterocycles. The molecule has 108 valence electrons. The normalized spacial score (nSPS) is 12.6. The van der Waals surface area contributed by atoms with Gasteiger partial charge in [-0.25, -0.2) is 4.98 Å². The Morgan fingerprint density at radius 1 is 1.20 bits per heavy atom. The number of aryl methyl sites for hydroxylation is 2. The van der Waals surface area contributed by atoms with Crippen molar-refractivity contribution in [2.75, 3.05) is 19.8 Å². The van der Waals surface area contributed by atoms with Gasteiger partial charge < -0.3 is 14.6 Å². The molecular formula is C16H21NO3. The Labute approximate surface area is 119 Å². The van der Waals surface area contributed by atoms with Crippen molar-refractivity contribution in [2.45, 2.75) is 26.9 Å². The summed E-state index contributed by atoms with van der Waals surface area (Å²) in [5.41, 5.74) is 2.89. The largest absolute Gasteiger partial charge is 0.488 e. The standard InChI is InChI=1S/C16H21NO3/c1-4-19-9-14(18)10-20-15-8-11(2)7-13-6-5-12(3)17-16(13)15/h5-8,14,18H,4,9-10H2,1-3H3/t14-/m0/s1. The number of ether oxygens (including phenoxy) is 2. The molecule has 0 radical (unpaired) electrons. The van der Waals surface area contributed by atoms with Gasteiger partial charge in [-0.2, -0.15) is 0 Å². The number of aromatic nitrogens is 1. The van der Waals surface area contributed by atoms with Crippen LogP contribution in [0.25, 0.3) is 10.9 Å². The number of aliphatic hydroxyl groups is 1. The highest BCUT2D eigenvalue weighted by Crippen LogP contribution is 2.26. The minimum Gasteiger partial charge on any atom is -0.488 e. The van der Waals surface area contributed by atoms with Crippen LogP contribution in [0.2, 0.25) is 0 Å². The Hall–Kier alpha value is -1.65. The molecule has 4 heteroatoms. The van der Waals surface area contributed by atoms with Crippen molar-refractivity contribution in [3.8, 4) is 5.75 Å². The van der Waals surface area contributed by atoms with Crippen molar-refractivity contribution in [3.63, 3.8) is 0 Å². The second kappa shape index (κ2) is 6.68. The summed E-state index contributed by atoms with van der Waals surface area (Å²) in [4.78, 5) is 4.52. The van der Waals surface area contributed by atoms with Crippen molar-refractivity contribution in [1.29, 1.82) is 0 Å². The number of aliphatic hydroxyl groups excluding tert-OH is 1. The van der Waals surface area contributed by atoms with E-state index in [4.69, 9.17) is 9.47 Å². The van der Waals surface area contributed by atoms with Crippen LogP contribution in [0, 0.1) is 13.8 Å². The number of hydrogen-bond acceptors (Lipinski definition) is 4. The zero-order valence-electron chi connectivity index (χ0n) is 12.2. The minimum absolute atomic E-state index is 0.203. The third-order valence-corrected chi connectivity index (χ3v) is 2.99. The van der Waals surface area contributed by atoms with Crippen molar-refractivity contribution in [3.05, 3.63) is 35.5 Å². The van der Waals surface area contributed by atoms with Gasteiger partial charge >= 0.3 is 0 Å². The van der Waals surface area contributed by atoms with Gasteiger partial charge in [0.1, 0.15) is 24.0 Å². The molecule has 0 bridgehead atoms. The first-order valence-corrected chi connectivity index (χ1v) is 6.86. The van der Waals surface area contributed by atoms with E-state index in [-0.39, 0.29) is 13.2 Å². The minimum atomic E-state index is -0.629. The molecule has 0 saturated carbocycles. The Morgan fingerprint density at radius 3 is 2.75 bits per heavy atom. The molecule has 2 aromatic rings. The van der Waals surface area contributed by atoms with Gasteiger partial charge in [0.15, 0.2) is 0 Å². The Bertz CT molecular complexity index is 583. The maximum absolute atomic E-state index is 9.77. The zero-order chi connectivity index (χ0) is 14.5. The van der Waals surface area contributed by atoms with Crippen LogP contribution < -0.4 is 4.74 Å². The Morgan fingerprint density at radius 2 is 2.00 bits per heavy atom. The van der Waals surface area contributed by atoms with E-state index in [0.717, 1.165) is 22.2 Å². The molecule has 1 aromatic heterocycles. The monoisotopic (exact) mass is 275 g/mol.